The van der Waals surface area contributed by atoms with E-state index in [1.165, 1.54) is 13.0 Å². The summed E-state index contributed by atoms with van der Waals surface area (Å²) in [5.74, 6) is -0.466. The van der Waals surface area contributed by atoms with Crippen LogP contribution in [0.1, 0.15) is 15.9 Å². The van der Waals surface area contributed by atoms with Gasteiger partial charge in [-0.25, -0.2) is 4.39 Å². The Hall–Kier alpha value is 0.0700. The Morgan fingerprint density at radius 1 is 1.46 bits per heavy atom. The Kier molecular flexibility index (Phi) is 3.49. The monoisotopic (exact) mass is 328 g/mol. The molecular formula is C8H4Br2ClFO. The molecule has 70 valence electrons. The van der Waals surface area contributed by atoms with Crippen molar-refractivity contribution in [2.24, 2.45) is 0 Å². The van der Waals surface area contributed by atoms with E-state index >= 15 is 0 Å². The maximum absolute atomic E-state index is 13.3. The van der Waals surface area contributed by atoms with Gasteiger partial charge in [-0.15, -0.1) is 0 Å². The first-order valence-corrected chi connectivity index (χ1v) is 5.25. The molecule has 0 aliphatic heterocycles. The second-order valence-electron chi connectivity index (χ2n) is 2.43. The lowest BCUT2D eigenvalue weighted by Gasteiger charge is -2.06. The normalized spacial score (nSPS) is 10.2. The van der Waals surface area contributed by atoms with E-state index in [1.807, 2.05) is 0 Å². The molecule has 0 unspecified atom stereocenters. The summed E-state index contributed by atoms with van der Waals surface area (Å²) in [5, 5.41) is -0.671. The minimum Gasteiger partial charge on any atom is -0.276 e. The molecule has 5 heteroatoms. The van der Waals surface area contributed by atoms with E-state index in [0.29, 0.717) is 8.95 Å². The van der Waals surface area contributed by atoms with Crippen molar-refractivity contribution >= 4 is 48.7 Å². The van der Waals surface area contributed by atoms with Gasteiger partial charge < -0.3 is 0 Å². The van der Waals surface area contributed by atoms with Gasteiger partial charge in [0.25, 0.3) is 5.24 Å². The van der Waals surface area contributed by atoms with Crippen LogP contribution in [0.15, 0.2) is 15.0 Å². The third kappa shape index (κ3) is 2.11. The van der Waals surface area contributed by atoms with Crippen LogP contribution in [0.25, 0.3) is 0 Å². The van der Waals surface area contributed by atoms with Crippen LogP contribution in [0.3, 0.4) is 0 Å². The lowest BCUT2D eigenvalue weighted by Crippen LogP contribution is -1.99. The second kappa shape index (κ2) is 4.07. The highest BCUT2D eigenvalue weighted by atomic mass is 79.9. The first kappa shape index (κ1) is 11.1. The van der Waals surface area contributed by atoms with Crippen molar-refractivity contribution in [1.82, 2.24) is 0 Å². The van der Waals surface area contributed by atoms with Crippen LogP contribution in [-0.4, -0.2) is 5.24 Å². The fourth-order valence-electron chi connectivity index (χ4n) is 0.956. The maximum atomic E-state index is 13.3. The molecule has 0 aliphatic carbocycles. The molecule has 1 aromatic carbocycles. The van der Waals surface area contributed by atoms with Crippen molar-refractivity contribution in [3.05, 3.63) is 32.0 Å². The standard InChI is InChI=1S/C8H4Br2ClFO/c1-3-6(8(11)13)4(9)2-5(10)7(3)12/h2H,1H3. The van der Waals surface area contributed by atoms with Gasteiger partial charge in [-0.05, 0) is 62.0 Å². The molecule has 0 radical (unpaired) electrons. The average Bonchev–Trinajstić information content (AvgIpc) is 1.99. The molecule has 1 rings (SSSR count). The highest BCUT2D eigenvalue weighted by Gasteiger charge is 2.16. The van der Waals surface area contributed by atoms with E-state index < -0.39 is 11.1 Å². The van der Waals surface area contributed by atoms with Crippen molar-refractivity contribution in [3.8, 4) is 0 Å². The number of rotatable bonds is 1. The van der Waals surface area contributed by atoms with E-state index in [4.69, 9.17) is 11.6 Å². The fraction of sp³-hybridized carbons (Fsp3) is 0.125. The lowest BCUT2D eigenvalue weighted by molar-refractivity contribution is 0.107. The van der Waals surface area contributed by atoms with Crippen molar-refractivity contribution in [2.45, 2.75) is 6.92 Å². The molecule has 0 fully saturated rings. The molecule has 0 N–H and O–H groups in total. The van der Waals surface area contributed by atoms with Gasteiger partial charge in [0, 0.05) is 4.47 Å². The summed E-state index contributed by atoms with van der Waals surface area (Å²) < 4.78 is 14.0. The van der Waals surface area contributed by atoms with Crippen LogP contribution in [-0.2, 0) is 0 Å². The maximum Gasteiger partial charge on any atom is 0.253 e. The molecule has 13 heavy (non-hydrogen) atoms. The number of benzene rings is 1. The van der Waals surface area contributed by atoms with Gasteiger partial charge in [0.15, 0.2) is 0 Å². The van der Waals surface area contributed by atoms with Crippen molar-refractivity contribution in [3.63, 3.8) is 0 Å². The van der Waals surface area contributed by atoms with E-state index in [0.717, 1.165) is 0 Å². The lowest BCUT2D eigenvalue weighted by atomic mass is 10.1. The highest BCUT2D eigenvalue weighted by molar-refractivity contribution is 9.11. The Bertz CT molecular complexity index is 379. The van der Waals surface area contributed by atoms with Crippen molar-refractivity contribution < 1.29 is 9.18 Å². The largest absolute Gasteiger partial charge is 0.276 e. The first-order chi connectivity index (χ1) is 5.95. The quantitative estimate of drug-likeness (QED) is 0.561. The van der Waals surface area contributed by atoms with Crippen LogP contribution >= 0.6 is 43.5 Å². The molecule has 0 amide bonds. The molecule has 0 saturated heterocycles. The van der Waals surface area contributed by atoms with Gasteiger partial charge in [-0.2, -0.15) is 0 Å². The minimum absolute atomic E-state index is 0.169. The van der Waals surface area contributed by atoms with E-state index in [-0.39, 0.29) is 11.1 Å². The number of halogens is 4. The minimum atomic E-state index is -0.671. The summed E-state index contributed by atoms with van der Waals surface area (Å²) in [6.07, 6.45) is 0. The predicted octanol–water partition coefficient (Wildman–Crippen LogP) is 4.04. The van der Waals surface area contributed by atoms with Crippen molar-refractivity contribution in [2.75, 3.05) is 0 Å². The number of hydrogen-bond donors (Lipinski definition) is 0. The number of carbonyl (C=O) groups is 1. The second-order valence-corrected chi connectivity index (χ2v) is 4.48. The van der Waals surface area contributed by atoms with E-state index in [9.17, 15) is 9.18 Å². The predicted molar refractivity (Wildman–Crippen MR) is 56.7 cm³/mol. The molecule has 1 nitrogen and oxygen atoms in total. The van der Waals surface area contributed by atoms with Crippen molar-refractivity contribution in [1.29, 1.82) is 0 Å². The molecule has 0 heterocycles. The van der Waals surface area contributed by atoms with Gasteiger partial charge in [-0.3, -0.25) is 4.79 Å². The summed E-state index contributed by atoms with van der Waals surface area (Å²) in [7, 11) is 0. The molecule has 0 saturated carbocycles. The topological polar surface area (TPSA) is 17.1 Å². The molecule has 0 atom stereocenters. The van der Waals surface area contributed by atoms with Crippen LogP contribution in [0.2, 0.25) is 0 Å². The Labute approximate surface area is 96.5 Å². The van der Waals surface area contributed by atoms with Gasteiger partial charge in [0.1, 0.15) is 5.82 Å². The SMILES string of the molecule is Cc1c(F)c(Br)cc(Br)c1C(=O)Cl. The van der Waals surface area contributed by atoms with Gasteiger partial charge in [0.2, 0.25) is 0 Å². The zero-order valence-corrected chi connectivity index (χ0v) is 10.4. The zero-order chi connectivity index (χ0) is 10.2. The van der Waals surface area contributed by atoms with E-state index in [2.05, 4.69) is 31.9 Å². The molecule has 0 aliphatic rings. The molecule has 0 spiro atoms. The van der Waals surface area contributed by atoms with Gasteiger partial charge >= 0.3 is 0 Å². The summed E-state index contributed by atoms with van der Waals surface area (Å²) in [6.45, 7) is 1.50. The third-order valence-electron chi connectivity index (χ3n) is 1.60. The van der Waals surface area contributed by atoms with Crippen LogP contribution in [0, 0.1) is 12.7 Å². The third-order valence-corrected chi connectivity index (χ3v) is 2.99. The first-order valence-electron chi connectivity index (χ1n) is 3.29. The fourth-order valence-corrected chi connectivity index (χ4v) is 2.85. The summed E-state index contributed by atoms with van der Waals surface area (Å²) in [4.78, 5) is 10.9. The van der Waals surface area contributed by atoms with Crippen LogP contribution in [0.5, 0.6) is 0 Å². The molecule has 1 aromatic rings. The summed E-state index contributed by atoms with van der Waals surface area (Å²) in [6, 6.07) is 1.46. The van der Waals surface area contributed by atoms with Gasteiger partial charge in [0.05, 0.1) is 10.0 Å². The summed E-state index contributed by atoms with van der Waals surface area (Å²) >= 11 is 11.4. The number of hydrogen-bond acceptors (Lipinski definition) is 1. The Morgan fingerprint density at radius 2 is 2.00 bits per heavy atom. The Balaban J connectivity index is 3.53. The smallest absolute Gasteiger partial charge is 0.253 e. The number of carbonyl (C=O) groups excluding carboxylic acids is 1. The zero-order valence-electron chi connectivity index (χ0n) is 6.50. The average molecular weight is 330 g/mol. The Morgan fingerprint density at radius 3 is 2.46 bits per heavy atom. The van der Waals surface area contributed by atoms with E-state index in [1.54, 1.807) is 0 Å². The molecule has 0 bridgehead atoms. The highest BCUT2D eigenvalue weighted by Crippen LogP contribution is 2.30. The van der Waals surface area contributed by atoms with Gasteiger partial charge in [-0.1, -0.05) is 0 Å². The van der Waals surface area contributed by atoms with Crippen LogP contribution < -0.4 is 0 Å². The molecule has 0 aromatic heterocycles. The molecular weight excluding hydrogens is 326 g/mol. The summed E-state index contributed by atoms with van der Waals surface area (Å²) in [5.41, 5.74) is 0.406. The van der Waals surface area contributed by atoms with Crippen LogP contribution in [0.4, 0.5) is 4.39 Å².